The Labute approximate surface area is 180 Å². The first kappa shape index (κ1) is 21.0. The number of hydrogen-bond donors (Lipinski definition) is 0. The molecule has 4 rings (SSSR count). The molecule has 1 saturated heterocycles. The molecule has 0 aromatic heterocycles. The molecule has 2 aromatic rings. The van der Waals surface area contributed by atoms with Crippen molar-refractivity contribution < 1.29 is 27.4 Å². The Balaban J connectivity index is 1.57. The maximum absolute atomic E-state index is 12.9. The zero-order valence-electron chi connectivity index (χ0n) is 16.7. The van der Waals surface area contributed by atoms with Crippen LogP contribution in [0.2, 0.25) is 5.02 Å². The van der Waals surface area contributed by atoms with Crippen molar-refractivity contribution in [1.82, 2.24) is 4.31 Å². The summed E-state index contributed by atoms with van der Waals surface area (Å²) in [4.78, 5) is 13.1. The Bertz CT molecular complexity index is 1080. The Morgan fingerprint density at radius 1 is 1.07 bits per heavy atom. The largest absolute Gasteiger partial charge is 0.496 e. The van der Waals surface area contributed by atoms with Crippen LogP contribution in [0.4, 0.5) is 0 Å². The lowest BCUT2D eigenvalue weighted by molar-refractivity contribution is 0.00538. The number of rotatable bonds is 4. The zero-order chi connectivity index (χ0) is 21.5. The molecule has 0 amide bonds. The summed E-state index contributed by atoms with van der Waals surface area (Å²) in [6, 6.07) is 9.43. The summed E-state index contributed by atoms with van der Waals surface area (Å²) in [7, 11) is -0.613. The Morgan fingerprint density at radius 2 is 1.73 bits per heavy atom. The van der Waals surface area contributed by atoms with E-state index < -0.39 is 15.6 Å². The third-order valence-electron chi connectivity index (χ3n) is 5.67. The van der Waals surface area contributed by atoms with Crippen LogP contribution in [0.15, 0.2) is 41.3 Å². The highest BCUT2D eigenvalue weighted by molar-refractivity contribution is 7.89. The Morgan fingerprint density at radius 3 is 2.33 bits per heavy atom. The van der Waals surface area contributed by atoms with Gasteiger partial charge >= 0.3 is 0 Å². The van der Waals surface area contributed by atoms with Crippen molar-refractivity contribution in [3.8, 4) is 17.2 Å². The van der Waals surface area contributed by atoms with Crippen LogP contribution in [0, 0.1) is 0 Å². The van der Waals surface area contributed by atoms with Crippen LogP contribution >= 0.6 is 11.6 Å². The van der Waals surface area contributed by atoms with Crippen LogP contribution in [-0.2, 0) is 10.0 Å². The van der Waals surface area contributed by atoms with Crippen molar-refractivity contribution >= 4 is 27.4 Å². The minimum atomic E-state index is -3.64. The summed E-state index contributed by atoms with van der Waals surface area (Å²) < 4.78 is 44.2. The van der Waals surface area contributed by atoms with E-state index in [1.54, 1.807) is 24.3 Å². The fraction of sp³-hybridized carbons (Fsp3) is 0.381. The van der Waals surface area contributed by atoms with Crippen molar-refractivity contribution in [1.29, 1.82) is 0 Å². The number of fused-ring (bicyclic) bond motifs is 1. The monoisotopic (exact) mass is 451 g/mol. The average molecular weight is 452 g/mol. The fourth-order valence-corrected chi connectivity index (χ4v) is 5.59. The predicted octanol–water partition coefficient (Wildman–Crippen LogP) is 3.55. The molecule has 2 heterocycles. The van der Waals surface area contributed by atoms with Crippen LogP contribution in [0.1, 0.15) is 29.6 Å². The lowest BCUT2D eigenvalue weighted by Gasteiger charge is -2.43. The number of Topliss-reactive ketones (excluding diaryl/α,β-unsaturated/α-hetero) is 1. The van der Waals surface area contributed by atoms with E-state index in [9.17, 15) is 13.2 Å². The van der Waals surface area contributed by atoms with Gasteiger partial charge in [-0.3, -0.25) is 4.79 Å². The van der Waals surface area contributed by atoms with Crippen LogP contribution in [-0.4, -0.2) is 51.4 Å². The van der Waals surface area contributed by atoms with E-state index in [4.69, 9.17) is 25.8 Å². The minimum absolute atomic E-state index is 0.0789. The highest BCUT2D eigenvalue weighted by Crippen LogP contribution is 2.45. The van der Waals surface area contributed by atoms with Crippen LogP contribution < -0.4 is 14.2 Å². The highest BCUT2D eigenvalue weighted by Gasteiger charge is 2.46. The van der Waals surface area contributed by atoms with Crippen molar-refractivity contribution in [3.05, 3.63) is 47.0 Å². The summed E-state index contributed by atoms with van der Waals surface area (Å²) >= 11 is 5.87. The van der Waals surface area contributed by atoms with Gasteiger partial charge in [-0.1, -0.05) is 11.6 Å². The molecule has 9 heteroatoms. The molecular weight excluding hydrogens is 430 g/mol. The van der Waals surface area contributed by atoms with Crippen molar-refractivity contribution in [2.24, 2.45) is 0 Å². The first-order chi connectivity index (χ1) is 14.3. The van der Waals surface area contributed by atoms with E-state index >= 15 is 0 Å². The number of carbonyl (C=O) groups is 1. The molecule has 0 radical (unpaired) electrons. The maximum Gasteiger partial charge on any atom is 0.243 e. The number of benzene rings is 2. The number of methoxy groups -OCH3 is 2. The normalized spacial score (nSPS) is 18.6. The Hall–Kier alpha value is -2.29. The van der Waals surface area contributed by atoms with Gasteiger partial charge in [-0.15, -0.1) is 0 Å². The van der Waals surface area contributed by atoms with E-state index in [0.717, 1.165) is 0 Å². The number of ether oxygens (including phenoxy) is 3. The molecule has 7 nitrogen and oxygen atoms in total. The van der Waals surface area contributed by atoms with Gasteiger partial charge in [0.2, 0.25) is 10.0 Å². The van der Waals surface area contributed by atoms with E-state index in [0.29, 0.717) is 40.7 Å². The molecule has 0 saturated carbocycles. The van der Waals surface area contributed by atoms with Crippen molar-refractivity contribution in [3.63, 3.8) is 0 Å². The first-order valence-electron chi connectivity index (χ1n) is 9.52. The molecule has 2 aromatic carbocycles. The number of ketones is 1. The van der Waals surface area contributed by atoms with E-state index in [2.05, 4.69) is 0 Å². The summed E-state index contributed by atoms with van der Waals surface area (Å²) in [5.41, 5.74) is -0.340. The summed E-state index contributed by atoms with van der Waals surface area (Å²) in [5, 5.41) is 0.477. The molecule has 0 unspecified atom stereocenters. The molecular formula is C21H22ClNO6S. The van der Waals surface area contributed by atoms with E-state index in [1.807, 2.05) is 0 Å². The summed E-state index contributed by atoms with van der Waals surface area (Å²) in [6.45, 7) is 0.517. The van der Waals surface area contributed by atoms with Gasteiger partial charge in [0.25, 0.3) is 0 Å². The molecule has 0 aliphatic carbocycles. The summed E-state index contributed by atoms with van der Waals surface area (Å²) in [6.07, 6.45) is 0.993. The molecule has 1 fully saturated rings. The topological polar surface area (TPSA) is 82.1 Å². The molecule has 160 valence electrons. The fourth-order valence-electron chi connectivity index (χ4n) is 4.02. The van der Waals surface area contributed by atoms with Gasteiger partial charge in [-0.05, 0) is 24.3 Å². The molecule has 2 aliphatic heterocycles. The molecule has 0 bridgehead atoms. The molecule has 1 spiro atoms. The van der Waals surface area contributed by atoms with Crippen molar-refractivity contribution in [2.75, 3.05) is 27.3 Å². The lowest BCUT2D eigenvalue weighted by Crippen LogP contribution is -2.52. The average Bonchev–Trinajstić information content (AvgIpc) is 2.73. The van der Waals surface area contributed by atoms with Gasteiger partial charge in [0, 0.05) is 43.1 Å². The van der Waals surface area contributed by atoms with Gasteiger partial charge < -0.3 is 14.2 Å². The second-order valence-electron chi connectivity index (χ2n) is 7.45. The van der Waals surface area contributed by atoms with Crippen LogP contribution in [0.3, 0.4) is 0 Å². The van der Waals surface area contributed by atoms with Crippen molar-refractivity contribution in [2.45, 2.75) is 29.8 Å². The molecule has 30 heavy (non-hydrogen) atoms. The number of carbonyl (C=O) groups excluding carboxylic acids is 1. The SMILES string of the molecule is COc1cc(OC)c2c(c1)OC1(CCN(S(=O)(=O)c3ccc(Cl)cc3)CC1)CC2=O. The molecule has 2 aliphatic rings. The third kappa shape index (κ3) is 3.64. The van der Waals surface area contributed by atoms with Gasteiger partial charge in [-0.2, -0.15) is 4.31 Å². The van der Waals surface area contributed by atoms with E-state index in [1.165, 1.54) is 30.7 Å². The van der Waals surface area contributed by atoms with Gasteiger partial charge in [0.15, 0.2) is 5.78 Å². The first-order valence-corrected chi connectivity index (χ1v) is 11.3. The summed E-state index contributed by atoms with van der Waals surface area (Å²) in [5.74, 6) is 1.27. The number of nitrogens with zero attached hydrogens (tertiary/aromatic N) is 1. The highest BCUT2D eigenvalue weighted by atomic mass is 35.5. The van der Waals surface area contributed by atoms with Crippen LogP contribution in [0.5, 0.6) is 17.2 Å². The third-order valence-corrected chi connectivity index (χ3v) is 7.83. The molecule has 0 N–H and O–H groups in total. The number of hydrogen-bond acceptors (Lipinski definition) is 6. The van der Waals surface area contributed by atoms with Gasteiger partial charge in [0.1, 0.15) is 28.4 Å². The Kier molecular flexibility index (Phi) is 5.42. The van der Waals surface area contributed by atoms with Gasteiger partial charge in [0.05, 0.1) is 25.5 Å². The predicted molar refractivity (Wildman–Crippen MR) is 111 cm³/mol. The second-order valence-corrected chi connectivity index (χ2v) is 9.82. The van der Waals surface area contributed by atoms with Crippen LogP contribution in [0.25, 0.3) is 0 Å². The maximum atomic E-state index is 12.9. The quantitative estimate of drug-likeness (QED) is 0.707. The lowest BCUT2D eigenvalue weighted by atomic mass is 9.82. The zero-order valence-corrected chi connectivity index (χ0v) is 18.3. The number of piperidine rings is 1. The second kappa shape index (κ2) is 7.76. The van der Waals surface area contributed by atoms with Gasteiger partial charge in [-0.25, -0.2) is 8.42 Å². The van der Waals surface area contributed by atoms with E-state index in [-0.39, 0.29) is 30.2 Å². The minimum Gasteiger partial charge on any atom is -0.496 e. The standard InChI is InChI=1S/C21H22ClNO6S/c1-27-15-11-18(28-2)20-17(24)13-21(29-19(20)12-15)7-9-23(10-8-21)30(25,26)16-5-3-14(22)4-6-16/h3-6,11-12H,7-10,13H2,1-2H3. The number of halogens is 1. The number of sulfonamides is 1. The molecule has 0 atom stereocenters. The smallest absolute Gasteiger partial charge is 0.243 e.